The van der Waals surface area contributed by atoms with Gasteiger partial charge in [-0.1, -0.05) is 6.07 Å². The van der Waals surface area contributed by atoms with E-state index in [1.54, 1.807) is 18.1 Å². The average Bonchev–Trinajstić information content (AvgIpc) is 2.88. The molecule has 0 atom stereocenters. The summed E-state index contributed by atoms with van der Waals surface area (Å²) in [5.41, 5.74) is 1.48. The van der Waals surface area contributed by atoms with Crippen molar-refractivity contribution < 1.29 is 0 Å². The summed E-state index contributed by atoms with van der Waals surface area (Å²) in [4.78, 5) is 16.0. The van der Waals surface area contributed by atoms with Gasteiger partial charge in [0.05, 0.1) is 0 Å². The van der Waals surface area contributed by atoms with Gasteiger partial charge in [-0.15, -0.1) is 11.3 Å². The van der Waals surface area contributed by atoms with Crippen LogP contribution in [0.1, 0.15) is 23.3 Å². The molecular weight excluding hydrogens is 286 g/mol. The van der Waals surface area contributed by atoms with Gasteiger partial charge in [0.25, 0.3) is 0 Å². The highest BCUT2D eigenvalue weighted by Gasteiger charge is 2.20. The molecule has 5 heteroatoms. The molecule has 0 bridgehead atoms. The van der Waals surface area contributed by atoms with Crippen LogP contribution in [0, 0.1) is 0 Å². The lowest BCUT2D eigenvalue weighted by Gasteiger charge is -2.11. The van der Waals surface area contributed by atoms with E-state index in [0.29, 0.717) is 0 Å². The number of rotatable bonds is 2. The van der Waals surface area contributed by atoms with Gasteiger partial charge < -0.3 is 0 Å². The van der Waals surface area contributed by atoms with Crippen molar-refractivity contribution >= 4 is 33.3 Å². The van der Waals surface area contributed by atoms with Crippen LogP contribution in [0.3, 0.4) is 0 Å². The van der Waals surface area contributed by atoms with Crippen LogP contribution in [0.25, 0.3) is 10.2 Å². The molecule has 4 rings (SSSR count). The lowest BCUT2D eigenvalue weighted by Crippen LogP contribution is -1.98. The minimum absolute atomic E-state index is 0.989. The number of hydrogen-bond donors (Lipinski definition) is 0. The van der Waals surface area contributed by atoms with Crippen LogP contribution in [0.4, 0.5) is 0 Å². The summed E-state index contributed by atoms with van der Waals surface area (Å²) in [6, 6.07) is 5.97. The fraction of sp³-hybridized carbons (Fsp3) is 0.267. The van der Waals surface area contributed by atoms with Crippen LogP contribution in [-0.2, 0) is 12.8 Å². The molecule has 1 aliphatic carbocycles. The summed E-state index contributed by atoms with van der Waals surface area (Å²) in [6.45, 7) is 0. The molecule has 0 unspecified atom stereocenters. The molecule has 0 fully saturated rings. The molecule has 0 radical (unpaired) electrons. The first-order chi connectivity index (χ1) is 9.92. The molecular formula is C15H13N3S2. The lowest BCUT2D eigenvalue weighted by molar-refractivity contribution is 0.699. The Kier molecular flexibility index (Phi) is 3.16. The fourth-order valence-corrected chi connectivity index (χ4v) is 4.82. The zero-order valence-electron chi connectivity index (χ0n) is 10.9. The van der Waals surface area contributed by atoms with Gasteiger partial charge in [-0.3, -0.25) is 0 Å². The van der Waals surface area contributed by atoms with Crippen molar-refractivity contribution in [3.8, 4) is 0 Å². The summed E-state index contributed by atoms with van der Waals surface area (Å²) in [5, 5.41) is 3.30. The van der Waals surface area contributed by atoms with Crippen molar-refractivity contribution in [3.05, 3.63) is 41.2 Å². The zero-order chi connectivity index (χ0) is 13.4. The van der Waals surface area contributed by atoms with Crippen LogP contribution >= 0.6 is 23.1 Å². The van der Waals surface area contributed by atoms with Gasteiger partial charge in [-0.25, -0.2) is 15.0 Å². The molecule has 3 aromatic heterocycles. The van der Waals surface area contributed by atoms with E-state index < -0.39 is 0 Å². The van der Waals surface area contributed by atoms with Crippen LogP contribution in [0.15, 0.2) is 40.8 Å². The minimum Gasteiger partial charge on any atom is -0.250 e. The van der Waals surface area contributed by atoms with Crippen LogP contribution in [0.5, 0.6) is 0 Å². The third-order valence-electron chi connectivity index (χ3n) is 3.56. The first-order valence-corrected chi connectivity index (χ1v) is 8.39. The first kappa shape index (κ1) is 12.3. The van der Waals surface area contributed by atoms with E-state index >= 15 is 0 Å². The van der Waals surface area contributed by atoms with Gasteiger partial charge in [-0.05, 0) is 55.1 Å². The molecule has 0 saturated heterocycles. The van der Waals surface area contributed by atoms with Gasteiger partial charge in [0.2, 0.25) is 0 Å². The maximum absolute atomic E-state index is 4.50. The monoisotopic (exact) mass is 299 g/mol. The minimum atomic E-state index is 0.989. The summed E-state index contributed by atoms with van der Waals surface area (Å²) < 4.78 is 0. The number of thiophene rings is 1. The molecule has 0 aliphatic heterocycles. The number of fused-ring (bicyclic) bond motifs is 3. The van der Waals surface area contributed by atoms with Gasteiger partial charge >= 0.3 is 0 Å². The average molecular weight is 299 g/mol. The highest BCUT2D eigenvalue weighted by molar-refractivity contribution is 7.99. The molecule has 20 heavy (non-hydrogen) atoms. The quantitative estimate of drug-likeness (QED) is 0.667. The SMILES string of the molecule is c1ccc(Sc2ncnc3sc4c(c23)CCCC4)nc1. The summed E-state index contributed by atoms with van der Waals surface area (Å²) in [5.74, 6) is 0. The molecule has 1 aliphatic rings. The molecule has 100 valence electrons. The molecule has 0 saturated carbocycles. The number of aryl methyl sites for hydroxylation is 2. The Balaban J connectivity index is 1.85. The predicted octanol–water partition coefficient (Wildman–Crippen LogP) is 4.12. The second kappa shape index (κ2) is 5.14. The molecule has 0 aromatic carbocycles. The second-order valence-electron chi connectivity index (χ2n) is 4.84. The summed E-state index contributed by atoms with van der Waals surface area (Å²) in [6.07, 6.45) is 8.44. The van der Waals surface area contributed by atoms with E-state index in [0.717, 1.165) is 14.9 Å². The summed E-state index contributed by atoms with van der Waals surface area (Å²) in [7, 11) is 0. The van der Waals surface area contributed by atoms with Gasteiger partial charge in [0.15, 0.2) is 0 Å². The Morgan fingerprint density at radius 1 is 1.05 bits per heavy atom. The van der Waals surface area contributed by atoms with Gasteiger partial charge in [0.1, 0.15) is 21.2 Å². The fourth-order valence-electron chi connectivity index (χ4n) is 2.65. The number of pyridine rings is 1. The Hall–Kier alpha value is -1.46. The molecule has 3 aromatic rings. The van der Waals surface area contributed by atoms with E-state index in [4.69, 9.17) is 0 Å². The maximum Gasteiger partial charge on any atom is 0.128 e. The van der Waals surface area contributed by atoms with Gasteiger partial charge in [-0.2, -0.15) is 0 Å². The van der Waals surface area contributed by atoms with Gasteiger partial charge in [0, 0.05) is 16.5 Å². The zero-order valence-corrected chi connectivity index (χ0v) is 12.5. The van der Waals surface area contributed by atoms with Crippen molar-refractivity contribution in [1.82, 2.24) is 15.0 Å². The van der Waals surface area contributed by atoms with Crippen LogP contribution < -0.4 is 0 Å². The largest absolute Gasteiger partial charge is 0.250 e. The Morgan fingerprint density at radius 2 is 2.00 bits per heavy atom. The van der Waals surface area contributed by atoms with E-state index in [9.17, 15) is 0 Å². The Labute approximate surface area is 125 Å². The lowest BCUT2D eigenvalue weighted by atomic mass is 9.97. The summed E-state index contributed by atoms with van der Waals surface area (Å²) >= 11 is 3.48. The van der Waals surface area contributed by atoms with Crippen molar-refractivity contribution in [2.45, 2.75) is 35.7 Å². The van der Waals surface area contributed by atoms with E-state index in [1.807, 2.05) is 35.7 Å². The van der Waals surface area contributed by atoms with Crippen molar-refractivity contribution in [1.29, 1.82) is 0 Å². The molecule has 0 spiro atoms. The molecule has 0 amide bonds. The Bertz CT molecular complexity index is 752. The van der Waals surface area contributed by atoms with Crippen molar-refractivity contribution in [3.63, 3.8) is 0 Å². The third kappa shape index (κ3) is 2.11. The molecule has 3 heterocycles. The predicted molar refractivity (Wildman–Crippen MR) is 82.4 cm³/mol. The second-order valence-corrected chi connectivity index (χ2v) is 6.93. The smallest absolute Gasteiger partial charge is 0.128 e. The highest BCUT2D eigenvalue weighted by atomic mass is 32.2. The van der Waals surface area contributed by atoms with Crippen LogP contribution in [-0.4, -0.2) is 15.0 Å². The standard InChI is InChI=1S/C15H13N3S2/c1-2-6-11-10(5-1)13-14(19-11)17-9-18-15(13)20-12-7-3-4-8-16-12/h3-4,7-9H,1-2,5-6H2. The topological polar surface area (TPSA) is 38.7 Å². The number of aromatic nitrogens is 3. The number of hydrogen-bond acceptors (Lipinski definition) is 5. The molecule has 3 nitrogen and oxygen atoms in total. The number of nitrogens with zero attached hydrogens (tertiary/aromatic N) is 3. The van der Waals surface area contributed by atoms with E-state index in [1.165, 1.54) is 41.5 Å². The van der Waals surface area contributed by atoms with Crippen molar-refractivity contribution in [2.75, 3.05) is 0 Å². The van der Waals surface area contributed by atoms with Crippen LogP contribution in [0.2, 0.25) is 0 Å². The molecule has 0 N–H and O–H groups in total. The first-order valence-electron chi connectivity index (χ1n) is 6.76. The van der Waals surface area contributed by atoms with Crippen molar-refractivity contribution in [2.24, 2.45) is 0 Å². The third-order valence-corrected chi connectivity index (χ3v) is 5.71. The highest BCUT2D eigenvalue weighted by Crippen LogP contribution is 2.40. The van der Waals surface area contributed by atoms with E-state index in [-0.39, 0.29) is 0 Å². The normalized spacial score (nSPS) is 14.4. The Morgan fingerprint density at radius 3 is 2.90 bits per heavy atom. The maximum atomic E-state index is 4.50. The van der Waals surface area contributed by atoms with E-state index in [2.05, 4.69) is 15.0 Å².